The molecule has 0 radical (unpaired) electrons. The van der Waals surface area contributed by atoms with Gasteiger partial charge in [0.2, 0.25) is 0 Å². The Balaban J connectivity index is 1.61. The minimum atomic E-state index is -3.57. The third-order valence-electron chi connectivity index (χ3n) is 3.85. The van der Waals surface area contributed by atoms with Crippen LogP contribution in [-0.2, 0) is 16.6 Å². The first kappa shape index (κ1) is 17.8. The van der Waals surface area contributed by atoms with Crippen LogP contribution in [-0.4, -0.2) is 15.5 Å². The molecule has 0 aliphatic rings. The number of sulfonamides is 1. The van der Waals surface area contributed by atoms with Crippen LogP contribution in [0.5, 0.6) is 5.75 Å². The van der Waals surface area contributed by atoms with Gasteiger partial charge in [0.1, 0.15) is 5.75 Å². The van der Waals surface area contributed by atoms with E-state index in [1.54, 1.807) is 49.6 Å². The van der Waals surface area contributed by atoms with Crippen molar-refractivity contribution in [3.63, 3.8) is 0 Å². The highest BCUT2D eigenvalue weighted by atomic mass is 32.2. The highest BCUT2D eigenvalue weighted by molar-refractivity contribution is 7.92. The summed E-state index contributed by atoms with van der Waals surface area (Å²) in [5, 5.41) is 3.30. The van der Waals surface area contributed by atoms with Crippen LogP contribution in [0.15, 0.2) is 83.8 Å². The number of hydrogen-bond acceptors (Lipinski definition) is 4. The molecule has 0 bridgehead atoms. The Morgan fingerprint density at radius 1 is 0.808 bits per heavy atom. The van der Waals surface area contributed by atoms with E-state index < -0.39 is 10.0 Å². The Hall–Kier alpha value is -2.99. The second-order valence-electron chi connectivity index (χ2n) is 5.70. The van der Waals surface area contributed by atoms with Crippen LogP contribution >= 0.6 is 0 Å². The molecule has 134 valence electrons. The van der Waals surface area contributed by atoms with E-state index in [0.29, 0.717) is 12.2 Å². The average Bonchev–Trinajstić information content (AvgIpc) is 2.68. The number of benzene rings is 3. The molecule has 0 aliphatic heterocycles. The average molecular weight is 368 g/mol. The second-order valence-corrected chi connectivity index (χ2v) is 7.38. The Labute approximate surface area is 153 Å². The van der Waals surface area contributed by atoms with Crippen molar-refractivity contribution >= 4 is 21.4 Å². The predicted octanol–water partition coefficient (Wildman–Crippen LogP) is 4.11. The molecule has 5 nitrogen and oxygen atoms in total. The van der Waals surface area contributed by atoms with Gasteiger partial charge < -0.3 is 10.1 Å². The topological polar surface area (TPSA) is 67.4 Å². The van der Waals surface area contributed by atoms with Gasteiger partial charge in [0.15, 0.2) is 0 Å². The monoisotopic (exact) mass is 368 g/mol. The number of methoxy groups -OCH3 is 1. The summed E-state index contributed by atoms with van der Waals surface area (Å²) in [4.78, 5) is 0.238. The number of anilines is 2. The van der Waals surface area contributed by atoms with Crippen molar-refractivity contribution < 1.29 is 13.2 Å². The van der Waals surface area contributed by atoms with E-state index in [2.05, 4.69) is 10.0 Å². The number of ether oxygens (including phenoxy) is 1. The molecule has 0 amide bonds. The molecule has 0 saturated carbocycles. The summed E-state index contributed by atoms with van der Waals surface area (Å²) in [5.41, 5.74) is 2.55. The lowest BCUT2D eigenvalue weighted by Crippen LogP contribution is -2.12. The number of nitrogens with one attached hydrogen (secondary N) is 2. The Morgan fingerprint density at radius 2 is 1.42 bits per heavy atom. The maximum atomic E-state index is 12.3. The summed E-state index contributed by atoms with van der Waals surface area (Å²) < 4.78 is 32.3. The molecule has 3 rings (SSSR count). The Morgan fingerprint density at radius 3 is 2.04 bits per heavy atom. The molecule has 0 aliphatic carbocycles. The van der Waals surface area contributed by atoms with E-state index in [4.69, 9.17) is 4.74 Å². The molecule has 0 spiro atoms. The van der Waals surface area contributed by atoms with Gasteiger partial charge in [0.25, 0.3) is 10.0 Å². The second kappa shape index (κ2) is 7.93. The van der Waals surface area contributed by atoms with E-state index in [1.807, 2.05) is 36.4 Å². The van der Waals surface area contributed by atoms with Crippen LogP contribution in [0.4, 0.5) is 11.4 Å². The van der Waals surface area contributed by atoms with Gasteiger partial charge in [0.05, 0.1) is 12.0 Å². The molecule has 3 aromatic rings. The van der Waals surface area contributed by atoms with Crippen molar-refractivity contribution in [2.24, 2.45) is 0 Å². The number of rotatable bonds is 7. The lowest BCUT2D eigenvalue weighted by atomic mass is 10.2. The van der Waals surface area contributed by atoms with Crippen LogP contribution in [0.25, 0.3) is 0 Å². The molecule has 0 saturated heterocycles. The quantitative estimate of drug-likeness (QED) is 0.659. The van der Waals surface area contributed by atoms with Crippen LogP contribution in [0.1, 0.15) is 5.56 Å². The van der Waals surface area contributed by atoms with Gasteiger partial charge in [-0.25, -0.2) is 8.42 Å². The lowest BCUT2D eigenvalue weighted by Gasteiger charge is -2.10. The van der Waals surface area contributed by atoms with Gasteiger partial charge in [-0.2, -0.15) is 0 Å². The SMILES string of the molecule is COc1ccc(CNc2ccc(NS(=O)(=O)c3ccccc3)cc2)cc1. The molecular formula is C20H20N2O3S. The highest BCUT2D eigenvalue weighted by Crippen LogP contribution is 2.19. The van der Waals surface area contributed by atoms with E-state index in [9.17, 15) is 8.42 Å². The van der Waals surface area contributed by atoms with E-state index in [1.165, 1.54) is 0 Å². The zero-order valence-corrected chi connectivity index (χ0v) is 15.2. The van der Waals surface area contributed by atoms with Gasteiger partial charge >= 0.3 is 0 Å². The van der Waals surface area contributed by atoms with E-state index >= 15 is 0 Å². The molecule has 26 heavy (non-hydrogen) atoms. The minimum absolute atomic E-state index is 0.238. The normalized spacial score (nSPS) is 11.0. The molecule has 0 heterocycles. The molecule has 0 fully saturated rings. The Kier molecular flexibility index (Phi) is 5.43. The zero-order valence-electron chi connectivity index (χ0n) is 14.3. The van der Waals surface area contributed by atoms with Crippen LogP contribution < -0.4 is 14.8 Å². The molecule has 3 aromatic carbocycles. The summed E-state index contributed by atoms with van der Waals surface area (Å²) in [6, 6.07) is 23.3. The smallest absolute Gasteiger partial charge is 0.261 e. The van der Waals surface area contributed by atoms with Crippen molar-refractivity contribution in [3.8, 4) is 5.75 Å². The molecular weight excluding hydrogens is 348 g/mol. The Bertz CT molecular complexity index is 939. The van der Waals surface area contributed by atoms with Crippen molar-refractivity contribution in [2.45, 2.75) is 11.4 Å². The van der Waals surface area contributed by atoms with Crippen molar-refractivity contribution in [3.05, 3.63) is 84.4 Å². The van der Waals surface area contributed by atoms with Crippen LogP contribution in [0.2, 0.25) is 0 Å². The summed E-state index contributed by atoms with van der Waals surface area (Å²) in [5.74, 6) is 0.823. The largest absolute Gasteiger partial charge is 0.497 e. The summed E-state index contributed by atoms with van der Waals surface area (Å²) in [6.07, 6.45) is 0. The third kappa shape index (κ3) is 4.55. The third-order valence-corrected chi connectivity index (χ3v) is 5.24. The van der Waals surface area contributed by atoms with Crippen molar-refractivity contribution in [2.75, 3.05) is 17.1 Å². The van der Waals surface area contributed by atoms with Crippen molar-refractivity contribution in [1.82, 2.24) is 0 Å². The van der Waals surface area contributed by atoms with Crippen LogP contribution in [0, 0.1) is 0 Å². The van der Waals surface area contributed by atoms with Gasteiger partial charge in [0, 0.05) is 17.9 Å². The first-order valence-electron chi connectivity index (χ1n) is 8.11. The van der Waals surface area contributed by atoms with E-state index in [-0.39, 0.29) is 4.90 Å². The highest BCUT2D eigenvalue weighted by Gasteiger charge is 2.13. The fourth-order valence-corrected chi connectivity index (χ4v) is 3.50. The lowest BCUT2D eigenvalue weighted by molar-refractivity contribution is 0.414. The van der Waals surface area contributed by atoms with E-state index in [0.717, 1.165) is 17.0 Å². The fraction of sp³-hybridized carbons (Fsp3) is 0.100. The standard InChI is InChI=1S/C20H20N2O3S/c1-25-19-13-7-16(8-14-19)15-21-17-9-11-18(12-10-17)22-26(23,24)20-5-3-2-4-6-20/h2-14,21-22H,15H2,1H3. The first-order valence-corrected chi connectivity index (χ1v) is 9.60. The van der Waals surface area contributed by atoms with Gasteiger partial charge in [-0.1, -0.05) is 30.3 Å². The minimum Gasteiger partial charge on any atom is -0.497 e. The fourth-order valence-electron chi connectivity index (χ4n) is 2.42. The molecule has 2 N–H and O–H groups in total. The summed E-state index contributed by atoms with van der Waals surface area (Å²) >= 11 is 0. The van der Waals surface area contributed by atoms with Gasteiger partial charge in [-0.3, -0.25) is 4.72 Å². The summed E-state index contributed by atoms with van der Waals surface area (Å²) in [7, 11) is -1.93. The molecule has 6 heteroatoms. The number of hydrogen-bond donors (Lipinski definition) is 2. The van der Waals surface area contributed by atoms with Crippen LogP contribution in [0.3, 0.4) is 0 Å². The van der Waals surface area contributed by atoms with Gasteiger partial charge in [-0.05, 0) is 54.1 Å². The zero-order chi connectivity index (χ0) is 18.4. The predicted molar refractivity (Wildman–Crippen MR) is 104 cm³/mol. The molecule has 0 atom stereocenters. The maximum absolute atomic E-state index is 12.3. The molecule has 0 aromatic heterocycles. The molecule has 0 unspecified atom stereocenters. The van der Waals surface area contributed by atoms with Gasteiger partial charge in [-0.15, -0.1) is 0 Å². The van der Waals surface area contributed by atoms with Crippen molar-refractivity contribution in [1.29, 1.82) is 0 Å². The first-order chi connectivity index (χ1) is 12.6. The maximum Gasteiger partial charge on any atom is 0.261 e. The summed E-state index contributed by atoms with van der Waals surface area (Å²) in [6.45, 7) is 0.666.